The van der Waals surface area contributed by atoms with Crippen LogP contribution in [0.3, 0.4) is 0 Å². The molecule has 0 radical (unpaired) electrons. The zero-order valence-corrected chi connectivity index (χ0v) is 15.4. The summed E-state index contributed by atoms with van der Waals surface area (Å²) in [6.45, 7) is 2.17. The fourth-order valence-corrected chi connectivity index (χ4v) is 4.87. The molecule has 2 heterocycles. The number of hydrogen-bond acceptors (Lipinski definition) is 2. The molecule has 0 unspecified atom stereocenters. The van der Waals surface area contributed by atoms with Crippen molar-refractivity contribution in [1.82, 2.24) is 9.88 Å². The first-order valence-electron chi connectivity index (χ1n) is 9.18. The van der Waals surface area contributed by atoms with E-state index in [1.807, 2.05) is 12.1 Å². The van der Waals surface area contributed by atoms with E-state index in [4.69, 9.17) is 0 Å². The van der Waals surface area contributed by atoms with Crippen LogP contribution in [0.5, 0.6) is 0 Å². The summed E-state index contributed by atoms with van der Waals surface area (Å²) in [4.78, 5) is 14.2. The molecule has 0 spiro atoms. The van der Waals surface area contributed by atoms with E-state index in [2.05, 4.69) is 52.5 Å². The average molecular weight is 353 g/mol. The summed E-state index contributed by atoms with van der Waals surface area (Å²) in [5, 5.41) is 6.53. The third kappa shape index (κ3) is 3.23. The van der Waals surface area contributed by atoms with Gasteiger partial charge in [0.05, 0.1) is 6.04 Å². The molecule has 0 aliphatic heterocycles. The molecule has 1 atom stereocenters. The van der Waals surface area contributed by atoms with Crippen LogP contribution < -0.4 is 5.32 Å². The van der Waals surface area contributed by atoms with Gasteiger partial charge in [0.15, 0.2) is 0 Å². The lowest BCUT2D eigenvalue weighted by Gasteiger charge is -2.24. The summed E-state index contributed by atoms with van der Waals surface area (Å²) in [7, 11) is 0. The Labute approximate surface area is 152 Å². The number of fused-ring (bicyclic) bond motifs is 1. The molecule has 1 aliphatic carbocycles. The number of carbonyl (C=O) groups excluding carboxylic acids is 1. The Hall–Kier alpha value is -2.07. The van der Waals surface area contributed by atoms with E-state index in [9.17, 15) is 4.79 Å². The number of rotatable bonds is 4. The van der Waals surface area contributed by atoms with Gasteiger partial charge in [-0.2, -0.15) is 0 Å². The summed E-state index contributed by atoms with van der Waals surface area (Å²) >= 11 is 1.70. The second kappa shape index (κ2) is 7.04. The van der Waals surface area contributed by atoms with Gasteiger partial charge in [0.25, 0.3) is 5.91 Å². The molecular formula is C21H24N2OS. The Balaban J connectivity index is 1.68. The van der Waals surface area contributed by atoms with Crippen molar-refractivity contribution >= 4 is 27.5 Å². The number of nitrogens with zero attached hydrogens (tertiary/aromatic N) is 1. The molecule has 1 saturated carbocycles. The van der Waals surface area contributed by atoms with Crippen LogP contribution >= 0.6 is 11.3 Å². The molecule has 4 rings (SSSR count). The van der Waals surface area contributed by atoms with E-state index in [1.165, 1.54) is 29.7 Å². The van der Waals surface area contributed by atoms with Crippen LogP contribution in [-0.4, -0.2) is 16.5 Å². The minimum absolute atomic E-state index is 0.0677. The first kappa shape index (κ1) is 16.4. The van der Waals surface area contributed by atoms with Crippen LogP contribution in [0, 0.1) is 0 Å². The van der Waals surface area contributed by atoms with Gasteiger partial charge in [-0.05, 0) is 42.8 Å². The van der Waals surface area contributed by atoms with Crippen molar-refractivity contribution in [3.63, 3.8) is 0 Å². The number of amides is 1. The standard InChI is InChI=1S/C21H24N2OS/c1-15(16-8-4-2-5-9-16)23-19(14-17-12-13-25-21(17)23)20(24)22-18-10-6-3-7-11-18/h2,4-5,8-9,12-15,18H,3,6-7,10-11H2,1H3,(H,22,24)/t15-/m1/s1. The molecule has 0 bridgehead atoms. The van der Waals surface area contributed by atoms with Crippen LogP contribution in [-0.2, 0) is 0 Å². The van der Waals surface area contributed by atoms with Gasteiger partial charge in [0, 0.05) is 11.4 Å². The van der Waals surface area contributed by atoms with Crippen LogP contribution in [0.25, 0.3) is 10.2 Å². The van der Waals surface area contributed by atoms with Gasteiger partial charge < -0.3 is 9.88 Å². The molecule has 2 aromatic heterocycles. The van der Waals surface area contributed by atoms with Gasteiger partial charge in [0.2, 0.25) is 0 Å². The Kier molecular flexibility index (Phi) is 4.62. The number of nitrogens with one attached hydrogen (secondary N) is 1. The Morgan fingerprint density at radius 3 is 2.68 bits per heavy atom. The molecule has 3 nitrogen and oxygen atoms in total. The molecule has 3 aromatic rings. The second-order valence-electron chi connectivity index (χ2n) is 6.98. The zero-order chi connectivity index (χ0) is 17.2. The maximum absolute atomic E-state index is 13.0. The van der Waals surface area contributed by atoms with Crippen molar-refractivity contribution in [3.8, 4) is 0 Å². The van der Waals surface area contributed by atoms with Crippen molar-refractivity contribution in [2.75, 3.05) is 0 Å². The van der Waals surface area contributed by atoms with E-state index in [0.717, 1.165) is 23.9 Å². The molecule has 1 amide bonds. The number of thiophene rings is 1. The van der Waals surface area contributed by atoms with Gasteiger partial charge in [0.1, 0.15) is 10.5 Å². The fraction of sp³-hybridized carbons (Fsp3) is 0.381. The van der Waals surface area contributed by atoms with Crippen molar-refractivity contribution in [1.29, 1.82) is 0 Å². The number of benzene rings is 1. The average Bonchev–Trinajstić information content (AvgIpc) is 3.24. The molecule has 0 saturated heterocycles. The first-order valence-corrected chi connectivity index (χ1v) is 10.1. The lowest BCUT2D eigenvalue weighted by molar-refractivity contribution is 0.0918. The van der Waals surface area contributed by atoms with E-state index < -0.39 is 0 Å². The highest BCUT2D eigenvalue weighted by Crippen LogP contribution is 2.32. The SMILES string of the molecule is C[C@H](c1ccccc1)n1c(C(=O)NC2CCCCC2)cc2ccsc21. The molecule has 4 heteroatoms. The third-order valence-electron chi connectivity index (χ3n) is 5.29. The predicted molar refractivity (Wildman–Crippen MR) is 104 cm³/mol. The van der Waals surface area contributed by atoms with Gasteiger partial charge in [-0.1, -0.05) is 49.6 Å². The lowest BCUT2D eigenvalue weighted by Crippen LogP contribution is -2.37. The first-order chi connectivity index (χ1) is 12.2. The van der Waals surface area contributed by atoms with Crippen LogP contribution in [0.4, 0.5) is 0 Å². The summed E-state index contributed by atoms with van der Waals surface area (Å²) < 4.78 is 2.20. The highest BCUT2D eigenvalue weighted by molar-refractivity contribution is 7.16. The summed E-state index contributed by atoms with van der Waals surface area (Å²) in [6.07, 6.45) is 5.95. The highest BCUT2D eigenvalue weighted by Gasteiger charge is 2.23. The lowest BCUT2D eigenvalue weighted by atomic mass is 9.95. The molecular weight excluding hydrogens is 328 g/mol. The van der Waals surface area contributed by atoms with Crippen LogP contribution in [0.1, 0.15) is 61.1 Å². The number of hydrogen-bond donors (Lipinski definition) is 1. The van der Waals surface area contributed by atoms with Gasteiger partial charge in [-0.3, -0.25) is 4.79 Å². The monoisotopic (exact) mass is 352 g/mol. The van der Waals surface area contributed by atoms with Gasteiger partial charge in [-0.15, -0.1) is 11.3 Å². The van der Waals surface area contributed by atoms with Crippen LogP contribution in [0.15, 0.2) is 47.8 Å². The van der Waals surface area contributed by atoms with E-state index >= 15 is 0 Å². The maximum Gasteiger partial charge on any atom is 0.268 e. The molecule has 1 N–H and O–H groups in total. The third-order valence-corrected chi connectivity index (χ3v) is 6.21. The minimum atomic E-state index is 0.0677. The van der Waals surface area contributed by atoms with Crippen molar-refractivity contribution < 1.29 is 4.79 Å². The smallest absolute Gasteiger partial charge is 0.268 e. The van der Waals surface area contributed by atoms with Gasteiger partial charge in [-0.25, -0.2) is 0 Å². The zero-order valence-electron chi connectivity index (χ0n) is 14.6. The second-order valence-corrected chi connectivity index (χ2v) is 7.87. The summed E-state index contributed by atoms with van der Waals surface area (Å²) in [6, 6.07) is 15.0. The maximum atomic E-state index is 13.0. The quantitative estimate of drug-likeness (QED) is 0.672. The van der Waals surface area contributed by atoms with Crippen LogP contribution in [0.2, 0.25) is 0 Å². The van der Waals surface area contributed by atoms with Crippen molar-refractivity contribution in [2.45, 2.75) is 51.1 Å². The molecule has 1 fully saturated rings. The van der Waals surface area contributed by atoms with Gasteiger partial charge >= 0.3 is 0 Å². The topological polar surface area (TPSA) is 34.0 Å². The molecule has 1 aliphatic rings. The number of aromatic nitrogens is 1. The highest BCUT2D eigenvalue weighted by atomic mass is 32.1. The summed E-state index contributed by atoms with van der Waals surface area (Å²) in [5.41, 5.74) is 2.00. The Morgan fingerprint density at radius 1 is 1.16 bits per heavy atom. The fourth-order valence-electron chi connectivity index (χ4n) is 3.89. The number of carbonyl (C=O) groups is 1. The molecule has 25 heavy (non-hydrogen) atoms. The predicted octanol–water partition coefficient (Wildman–Crippen LogP) is 5.37. The Morgan fingerprint density at radius 2 is 1.92 bits per heavy atom. The van der Waals surface area contributed by atoms with E-state index in [1.54, 1.807) is 11.3 Å². The Bertz CT molecular complexity index is 859. The van der Waals surface area contributed by atoms with Crippen molar-refractivity contribution in [2.24, 2.45) is 0 Å². The molecule has 1 aromatic carbocycles. The normalized spacial score (nSPS) is 16.8. The largest absolute Gasteiger partial charge is 0.348 e. The van der Waals surface area contributed by atoms with E-state index in [0.29, 0.717) is 6.04 Å². The minimum Gasteiger partial charge on any atom is -0.348 e. The summed E-state index contributed by atoms with van der Waals surface area (Å²) in [5.74, 6) is 0.0677. The van der Waals surface area contributed by atoms with E-state index in [-0.39, 0.29) is 11.9 Å². The van der Waals surface area contributed by atoms with Crippen molar-refractivity contribution in [3.05, 3.63) is 59.1 Å². The molecule has 130 valence electrons.